The van der Waals surface area contributed by atoms with Crippen LogP contribution in [-0.2, 0) is 28.1 Å². The summed E-state index contributed by atoms with van der Waals surface area (Å²) in [6, 6.07) is 20.9. The van der Waals surface area contributed by atoms with Gasteiger partial charge in [-0.15, -0.1) is 0 Å². The lowest BCUT2D eigenvalue weighted by Gasteiger charge is -2.40. The van der Waals surface area contributed by atoms with Crippen LogP contribution in [0.25, 0.3) is 22.8 Å². The predicted molar refractivity (Wildman–Crippen MR) is 202 cm³/mol. The molecular weight excluding hydrogens is 766 g/mol. The maximum atomic E-state index is 14.1. The molecular formula is C39H41F3N8O6S. The number of carbonyl (C=O) groups is 2. The van der Waals surface area contributed by atoms with E-state index in [1.165, 1.54) is 59.0 Å². The summed E-state index contributed by atoms with van der Waals surface area (Å²) in [7, 11) is 3.54. The van der Waals surface area contributed by atoms with Crippen molar-refractivity contribution in [2.75, 3.05) is 34.2 Å². The highest BCUT2D eigenvalue weighted by molar-refractivity contribution is 7.85. The number of likely N-dealkylation sites (tertiary alicyclic amines) is 1. The summed E-state index contributed by atoms with van der Waals surface area (Å²) in [5.41, 5.74) is -1.06. The molecule has 1 aliphatic rings. The molecule has 18 heteroatoms. The number of alkyl halides is 3. The Hall–Kier alpha value is -6.03. The second-order valence-corrected chi connectivity index (χ2v) is 15.7. The molecule has 1 atom stereocenters. The number of piperidine rings is 1. The molecule has 0 spiro atoms. The number of carbonyl (C=O) groups excluding carboxylic acids is 2. The van der Waals surface area contributed by atoms with E-state index in [1.807, 2.05) is 6.07 Å². The fourth-order valence-corrected chi connectivity index (χ4v) is 7.12. The van der Waals surface area contributed by atoms with Crippen LogP contribution in [0.15, 0.2) is 101 Å². The summed E-state index contributed by atoms with van der Waals surface area (Å²) in [6.45, 7) is 2.60. The number of amides is 2. The topological polar surface area (TPSA) is 175 Å². The molecule has 57 heavy (non-hydrogen) atoms. The van der Waals surface area contributed by atoms with Crippen molar-refractivity contribution >= 4 is 21.9 Å². The Kier molecular flexibility index (Phi) is 12.3. The first-order valence-electron chi connectivity index (χ1n) is 17.7. The highest BCUT2D eigenvalue weighted by atomic mass is 32.2. The number of nitrogens with zero attached hydrogens (tertiary/aromatic N) is 7. The largest absolute Gasteiger partial charge is 0.744 e. The second-order valence-electron chi connectivity index (χ2n) is 14.3. The highest BCUT2D eigenvalue weighted by Gasteiger charge is 2.35. The molecule has 1 aliphatic heterocycles. The lowest BCUT2D eigenvalue weighted by Crippen LogP contribution is -2.55. The molecule has 0 unspecified atom stereocenters. The molecule has 6 rings (SSSR count). The van der Waals surface area contributed by atoms with Gasteiger partial charge in [0.1, 0.15) is 27.4 Å². The third kappa shape index (κ3) is 9.51. The number of hydrogen-bond donors (Lipinski definition) is 1. The number of rotatable bonds is 8. The van der Waals surface area contributed by atoms with Crippen LogP contribution in [0.4, 0.5) is 13.2 Å². The minimum atomic E-state index is -4.67. The van der Waals surface area contributed by atoms with E-state index in [1.54, 1.807) is 48.2 Å². The molecule has 0 radical (unpaired) electrons. The molecule has 0 bridgehead atoms. The van der Waals surface area contributed by atoms with E-state index >= 15 is 0 Å². The average Bonchev–Trinajstić information content (AvgIpc) is 3.75. The van der Waals surface area contributed by atoms with E-state index < -0.39 is 39.4 Å². The van der Waals surface area contributed by atoms with E-state index in [0.29, 0.717) is 30.4 Å². The highest BCUT2D eigenvalue weighted by Crippen LogP contribution is 2.31. The monoisotopic (exact) mass is 806 g/mol. The van der Waals surface area contributed by atoms with Gasteiger partial charge < -0.3 is 19.3 Å². The Morgan fingerprint density at radius 2 is 1.60 bits per heavy atom. The predicted octanol–water partition coefficient (Wildman–Crippen LogP) is 4.33. The van der Waals surface area contributed by atoms with Gasteiger partial charge in [-0.25, -0.2) is 17.8 Å². The van der Waals surface area contributed by atoms with E-state index in [4.69, 9.17) is 0 Å². The summed E-state index contributed by atoms with van der Waals surface area (Å²) >= 11 is 0. The van der Waals surface area contributed by atoms with Gasteiger partial charge in [0.15, 0.2) is 0 Å². The maximum Gasteiger partial charge on any atom is 0.416 e. The van der Waals surface area contributed by atoms with Crippen LogP contribution in [-0.4, -0.2) is 99.6 Å². The zero-order chi connectivity index (χ0) is 41.9. The molecule has 3 aromatic carbocycles. The standard InChI is InChI=1S/C33H35F3N8O3.C6H6O3S/c1-21(31(46)41-17-14-26(15-18-41)44(3,4)5)39-30(45)28-29(27-13-16-38-42(27)24-11-9-22(20-37)10-12-24)40(2)43(32(28)47)25-8-6-7-23(19-25)33(34,35)36;7-10(8,9)6-4-2-1-3-5-6/h6-13,16,19,21,26H,14-15,17-18H2,1-5H3;1-5H,(H,7,8,9)/t21-;/m0./s1. The molecule has 0 aliphatic carbocycles. The molecule has 3 heterocycles. The van der Waals surface area contributed by atoms with Gasteiger partial charge in [0.2, 0.25) is 5.91 Å². The Balaban J connectivity index is 0.000000540. The van der Waals surface area contributed by atoms with Gasteiger partial charge >= 0.3 is 6.18 Å². The van der Waals surface area contributed by atoms with E-state index in [9.17, 15) is 45.8 Å². The number of halogens is 3. The summed E-state index contributed by atoms with van der Waals surface area (Å²) in [5, 5.41) is 16.3. The van der Waals surface area contributed by atoms with Crippen LogP contribution in [0.3, 0.4) is 0 Å². The van der Waals surface area contributed by atoms with Gasteiger partial charge in [-0.1, -0.05) is 24.3 Å². The molecule has 14 nitrogen and oxygen atoms in total. The number of hydrogen-bond acceptors (Lipinski definition) is 8. The fourth-order valence-electron chi connectivity index (χ4n) is 6.63. The van der Waals surface area contributed by atoms with E-state index in [2.05, 4.69) is 31.6 Å². The number of quaternary nitrogens is 1. The van der Waals surface area contributed by atoms with Crippen LogP contribution >= 0.6 is 0 Å². The minimum absolute atomic E-state index is 0.0650. The van der Waals surface area contributed by atoms with Gasteiger partial charge in [-0.05, 0) is 67.6 Å². The van der Waals surface area contributed by atoms with Gasteiger partial charge in [0.05, 0.1) is 72.5 Å². The van der Waals surface area contributed by atoms with Crippen molar-refractivity contribution in [2.24, 2.45) is 7.05 Å². The zero-order valence-corrected chi connectivity index (χ0v) is 32.6. The van der Waals surface area contributed by atoms with Crippen LogP contribution in [0.2, 0.25) is 0 Å². The summed E-state index contributed by atoms with van der Waals surface area (Å²) in [4.78, 5) is 42.9. The maximum absolute atomic E-state index is 14.1. The van der Waals surface area contributed by atoms with Gasteiger partial charge in [-0.2, -0.15) is 23.5 Å². The first-order valence-corrected chi connectivity index (χ1v) is 19.1. The Morgan fingerprint density at radius 3 is 2.14 bits per heavy atom. The SMILES string of the molecule is C[C@H](NC(=O)c1c(-c2ccnn2-c2ccc(C#N)cc2)n(C)n(-c2cccc(C(F)(F)F)c2)c1=O)C(=O)N1CCC([N+](C)(C)C)CC1.O=S(=O)([O-])c1ccccc1. The molecule has 300 valence electrons. The second kappa shape index (κ2) is 16.6. The van der Waals surface area contributed by atoms with Crippen molar-refractivity contribution in [3.05, 3.63) is 118 Å². The average molecular weight is 807 g/mol. The molecule has 5 aromatic rings. The van der Waals surface area contributed by atoms with E-state index in [-0.39, 0.29) is 33.4 Å². The third-order valence-corrected chi connectivity index (χ3v) is 10.5. The van der Waals surface area contributed by atoms with Crippen molar-refractivity contribution in [3.63, 3.8) is 0 Å². The summed E-state index contributed by atoms with van der Waals surface area (Å²) in [5.74, 6) is -1.16. The molecule has 2 amide bonds. The molecule has 1 fully saturated rings. The summed E-state index contributed by atoms with van der Waals surface area (Å²) in [6.07, 6.45) is -1.61. The molecule has 0 saturated carbocycles. The van der Waals surface area contributed by atoms with E-state index in [0.717, 1.165) is 34.1 Å². The van der Waals surface area contributed by atoms with Crippen molar-refractivity contribution in [2.45, 2.75) is 42.9 Å². The van der Waals surface area contributed by atoms with Crippen molar-refractivity contribution in [3.8, 4) is 28.8 Å². The smallest absolute Gasteiger partial charge is 0.416 e. The van der Waals surface area contributed by atoms with Crippen LogP contribution in [0.5, 0.6) is 0 Å². The number of nitrogens with one attached hydrogen (secondary N) is 1. The third-order valence-electron chi connectivity index (χ3n) is 9.66. The Labute approximate surface area is 327 Å². The van der Waals surface area contributed by atoms with Crippen molar-refractivity contribution < 1.29 is 40.2 Å². The molecule has 1 saturated heterocycles. The first-order chi connectivity index (χ1) is 26.7. The number of nitriles is 1. The van der Waals surface area contributed by atoms with Crippen molar-refractivity contribution in [1.29, 1.82) is 5.26 Å². The number of benzene rings is 3. The Bertz CT molecular complexity index is 2460. The Morgan fingerprint density at radius 1 is 0.965 bits per heavy atom. The normalized spacial score (nSPS) is 14.3. The van der Waals surface area contributed by atoms with Crippen LogP contribution in [0, 0.1) is 11.3 Å². The first kappa shape index (κ1) is 42.1. The van der Waals surface area contributed by atoms with Gasteiger partial charge in [0.25, 0.3) is 11.5 Å². The zero-order valence-electron chi connectivity index (χ0n) is 31.8. The van der Waals surface area contributed by atoms with Crippen molar-refractivity contribution in [1.82, 2.24) is 29.4 Å². The van der Waals surface area contributed by atoms with Crippen LogP contribution in [0.1, 0.15) is 41.3 Å². The lowest BCUT2D eigenvalue weighted by molar-refractivity contribution is -0.897. The van der Waals surface area contributed by atoms with Crippen LogP contribution < -0.4 is 10.9 Å². The van der Waals surface area contributed by atoms with Gasteiger partial charge in [-0.3, -0.25) is 19.1 Å². The minimum Gasteiger partial charge on any atom is -0.744 e. The summed E-state index contributed by atoms with van der Waals surface area (Å²) < 4.78 is 76.3. The van der Waals surface area contributed by atoms with Gasteiger partial charge in [0, 0.05) is 33.0 Å². The molecule has 2 aromatic heterocycles. The lowest BCUT2D eigenvalue weighted by atomic mass is 10.0. The quantitative estimate of drug-likeness (QED) is 0.178. The number of aromatic nitrogens is 4. The fraction of sp³-hybridized carbons (Fsp3) is 0.308. The molecule has 1 N–H and O–H groups in total.